The maximum Gasteiger partial charge on any atom is 0.262 e. The highest BCUT2D eigenvalue weighted by atomic mass is 32.2. The van der Waals surface area contributed by atoms with Gasteiger partial charge in [0, 0.05) is 24.1 Å². The minimum absolute atomic E-state index is 1.13. The van der Waals surface area contributed by atoms with E-state index in [0.29, 0.717) is 0 Å². The minimum atomic E-state index is 1.13. The summed E-state index contributed by atoms with van der Waals surface area (Å²) in [6.07, 6.45) is 7.04. The molecule has 2 nitrogen and oxygen atoms in total. The van der Waals surface area contributed by atoms with Gasteiger partial charge in [-0.2, -0.15) is 4.57 Å². The fourth-order valence-electron chi connectivity index (χ4n) is 4.00. The van der Waals surface area contributed by atoms with E-state index in [4.69, 9.17) is 0 Å². The van der Waals surface area contributed by atoms with E-state index in [1.165, 1.54) is 47.6 Å². The van der Waals surface area contributed by atoms with Crippen LogP contribution < -0.4 is 9.47 Å². The smallest absolute Gasteiger partial charge is 0.262 e. The van der Waals surface area contributed by atoms with Crippen LogP contribution >= 0.6 is 23.1 Å². The van der Waals surface area contributed by atoms with Gasteiger partial charge in [-0.05, 0) is 60.8 Å². The molecule has 3 aromatic rings. The predicted octanol–water partition coefficient (Wildman–Crippen LogP) is 6.30. The number of hydrogen-bond acceptors (Lipinski definition) is 3. The molecule has 0 atom stereocenters. The first-order chi connectivity index (χ1) is 13.6. The lowest BCUT2D eigenvalue weighted by molar-refractivity contribution is -0.642. The van der Waals surface area contributed by atoms with Crippen LogP contribution in [-0.4, -0.2) is 7.05 Å². The van der Waals surface area contributed by atoms with Crippen molar-refractivity contribution in [2.24, 2.45) is 7.05 Å². The van der Waals surface area contributed by atoms with E-state index in [2.05, 4.69) is 91.2 Å². The summed E-state index contributed by atoms with van der Waals surface area (Å²) >= 11 is 3.75. The number of para-hydroxylation sites is 2. The SMILES string of the molecule is CC1=C(/C=C2\Sc3ccccc3N2C)CC/C1=C\c1sc2ccccc2[n+]1C. The monoisotopic (exact) mass is 403 g/mol. The van der Waals surface area contributed by atoms with Crippen molar-refractivity contribution in [3.05, 3.63) is 81.4 Å². The van der Waals surface area contributed by atoms with Gasteiger partial charge in [-0.1, -0.05) is 47.4 Å². The summed E-state index contributed by atoms with van der Waals surface area (Å²) in [6.45, 7) is 2.28. The number of hydrogen-bond donors (Lipinski definition) is 0. The molecule has 0 radical (unpaired) electrons. The van der Waals surface area contributed by atoms with Crippen molar-refractivity contribution in [1.82, 2.24) is 0 Å². The van der Waals surface area contributed by atoms with E-state index in [-0.39, 0.29) is 0 Å². The van der Waals surface area contributed by atoms with E-state index in [1.54, 1.807) is 0 Å². The number of nitrogens with zero attached hydrogens (tertiary/aromatic N) is 2. The third-order valence-corrected chi connectivity index (χ3v) is 8.10. The van der Waals surface area contributed by atoms with Gasteiger partial charge in [-0.3, -0.25) is 0 Å². The second-order valence-corrected chi connectivity index (χ2v) is 9.52. The quantitative estimate of drug-likeness (QED) is 0.463. The third-order valence-electron chi connectivity index (χ3n) is 5.77. The predicted molar refractivity (Wildman–Crippen MR) is 122 cm³/mol. The van der Waals surface area contributed by atoms with Gasteiger partial charge in [0.25, 0.3) is 5.01 Å². The van der Waals surface area contributed by atoms with Crippen LogP contribution in [0.4, 0.5) is 5.69 Å². The zero-order valence-corrected chi connectivity index (χ0v) is 18.0. The second-order valence-electron chi connectivity index (χ2n) is 7.40. The molecule has 0 spiro atoms. The van der Waals surface area contributed by atoms with Gasteiger partial charge < -0.3 is 4.90 Å². The Kier molecular flexibility index (Phi) is 4.41. The molecular formula is C24H23N2S2+. The number of fused-ring (bicyclic) bond motifs is 2. The number of aromatic nitrogens is 1. The molecule has 0 fully saturated rings. The molecule has 1 aromatic heterocycles. The summed E-state index contributed by atoms with van der Waals surface area (Å²) in [5.41, 5.74) is 7.00. The first kappa shape index (κ1) is 17.8. The molecule has 0 bridgehead atoms. The number of benzene rings is 2. The molecule has 5 rings (SSSR count). The summed E-state index contributed by atoms with van der Waals surface area (Å²) in [5, 5.41) is 2.65. The van der Waals surface area contributed by atoms with Crippen LogP contribution in [0.25, 0.3) is 16.3 Å². The molecule has 1 aliphatic carbocycles. The van der Waals surface area contributed by atoms with Crippen molar-refractivity contribution in [1.29, 1.82) is 0 Å². The van der Waals surface area contributed by atoms with Crippen LogP contribution in [0.5, 0.6) is 0 Å². The van der Waals surface area contributed by atoms with E-state index in [9.17, 15) is 0 Å². The molecule has 2 heterocycles. The summed E-state index contributed by atoms with van der Waals surface area (Å²) in [5.74, 6) is 0. The highest BCUT2D eigenvalue weighted by molar-refractivity contribution is 8.03. The van der Waals surface area contributed by atoms with Crippen molar-refractivity contribution in [3.63, 3.8) is 0 Å². The van der Waals surface area contributed by atoms with Crippen molar-refractivity contribution < 1.29 is 4.57 Å². The lowest BCUT2D eigenvalue weighted by atomic mass is 10.1. The summed E-state index contributed by atoms with van der Waals surface area (Å²) in [7, 11) is 4.34. The maximum atomic E-state index is 2.39. The van der Waals surface area contributed by atoms with Crippen molar-refractivity contribution in [2.45, 2.75) is 24.7 Å². The number of thiazole rings is 1. The average molecular weight is 404 g/mol. The van der Waals surface area contributed by atoms with Crippen LogP contribution in [0.1, 0.15) is 24.8 Å². The Hall–Kier alpha value is -2.30. The van der Waals surface area contributed by atoms with E-state index in [1.807, 2.05) is 23.1 Å². The highest BCUT2D eigenvalue weighted by Gasteiger charge is 2.24. The highest BCUT2D eigenvalue weighted by Crippen LogP contribution is 2.46. The van der Waals surface area contributed by atoms with Gasteiger partial charge >= 0.3 is 0 Å². The first-order valence-electron chi connectivity index (χ1n) is 9.62. The fourth-order valence-corrected chi connectivity index (χ4v) is 6.24. The number of aryl methyl sites for hydroxylation is 1. The third kappa shape index (κ3) is 2.92. The summed E-state index contributed by atoms with van der Waals surface area (Å²) in [6, 6.07) is 17.3. The minimum Gasteiger partial charge on any atom is -0.338 e. The van der Waals surface area contributed by atoms with Crippen molar-refractivity contribution in [2.75, 3.05) is 11.9 Å². The Morgan fingerprint density at radius 2 is 1.79 bits per heavy atom. The summed E-state index contributed by atoms with van der Waals surface area (Å²) in [4.78, 5) is 3.66. The van der Waals surface area contributed by atoms with Gasteiger partial charge in [-0.25, -0.2) is 0 Å². The molecule has 2 aromatic carbocycles. The molecule has 0 N–H and O–H groups in total. The second kappa shape index (κ2) is 6.94. The molecule has 2 aliphatic rings. The van der Waals surface area contributed by atoms with Crippen LogP contribution in [0.15, 0.2) is 81.3 Å². The first-order valence-corrected chi connectivity index (χ1v) is 11.3. The molecular weight excluding hydrogens is 380 g/mol. The Bertz CT molecular complexity index is 1180. The fraction of sp³-hybridized carbons (Fsp3) is 0.208. The van der Waals surface area contributed by atoms with Crippen molar-refractivity contribution >= 4 is 45.1 Å². The zero-order valence-electron chi connectivity index (χ0n) is 16.4. The molecule has 140 valence electrons. The Labute approximate surface area is 174 Å². The van der Waals surface area contributed by atoms with Gasteiger partial charge in [0.2, 0.25) is 5.52 Å². The van der Waals surface area contributed by atoms with Gasteiger partial charge in [0.05, 0.1) is 10.7 Å². The number of thioether (sulfide) groups is 1. The van der Waals surface area contributed by atoms with E-state index < -0.39 is 0 Å². The molecule has 0 saturated carbocycles. The van der Waals surface area contributed by atoms with Crippen molar-refractivity contribution in [3.8, 4) is 0 Å². The van der Waals surface area contributed by atoms with Crippen LogP contribution in [0, 0.1) is 0 Å². The molecule has 0 unspecified atom stereocenters. The van der Waals surface area contributed by atoms with Gasteiger partial charge in [-0.15, -0.1) is 0 Å². The number of rotatable bonds is 2. The Balaban J connectivity index is 1.48. The number of allylic oxidation sites excluding steroid dienone is 4. The molecule has 4 heteroatoms. The standard InChI is InChI=1S/C24H23N2S2/c1-16-17(14-23-25(2)19-8-4-6-10-21(19)27-23)12-13-18(16)15-24-26(3)20-9-5-7-11-22(20)28-24/h4-11,14-15H,12-13H2,1-3H3/q+1. The van der Waals surface area contributed by atoms with Gasteiger partial charge in [0.1, 0.15) is 11.7 Å². The summed E-state index contributed by atoms with van der Waals surface area (Å²) < 4.78 is 3.66. The molecule has 0 saturated heterocycles. The lowest BCUT2D eigenvalue weighted by Crippen LogP contribution is -2.28. The normalized spacial score (nSPS) is 19.5. The van der Waals surface area contributed by atoms with Crippen LogP contribution in [-0.2, 0) is 7.05 Å². The average Bonchev–Trinajstić information content (AvgIpc) is 3.33. The number of anilines is 1. The van der Waals surface area contributed by atoms with E-state index >= 15 is 0 Å². The Morgan fingerprint density at radius 1 is 1.00 bits per heavy atom. The Morgan fingerprint density at radius 3 is 2.61 bits per heavy atom. The van der Waals surface area contributed by atoms with E-state index in [0.717, 1.165) is 12.8 Å². The van der Waals surface area contributed by atoms with Crippen LogP contribution in [0.3, 0.4) is 0 Å². The zero-order chi connectivity index (χ0) is 19.3. The maximum absolute atomic E-state index is 2.39. The molecule has 28 heavy (non-hydrogen) atoms. The topological polar surface area (TPSA) is 7.12 Å². The van der Waals surface area contributed by atoms with Gasteiger partial charge in [0.15, 0.2) is 0 Å². The largest absolute Gasteiger partial charge is 0.338 e. The molecule has 0 amide bonds. The lowest BCUT2D eigenvalue weighted by Gasteiger charge is -2.13. The van der Waals surface area contributed by atoms with Crippen LogP contribution in [0.2, 0.25) is 0 Å². The molecule has 1 aliphatic heterocycles.